The Kier molecular flexibility index (Phi) is 4.39. The number of carbonyl (C=O) groups is 1. The molecule has 1 fully saturated rings. The van der Waals surface area contributed by atoms with Gasteiger partial charge < -0.3 is 20.3 Å². The molecule has 1 unspecified atom stereocenters. The molecule has 2 N–H and O–H groups in total. The van der Waals surface area contributed by atoms with Gasteiger partial charge in [-0.05, 0) is 30.7 Å². The summed E-state index contributed by atoms with van der Waals surface area (Å²) in [7, 11) is 3.99. The summed E-state index contributed by atoms with van der Waals surface area (Å²) in [6.45, 7) is 3.94. The quantitative estimate of drug-likeness (QED) is 0.854. The van der Waals surface area contributed by atoms with E-state index in [1.807, 2.05) is 38.1 Å². The molecular weight excluding hydrogens is 242 g/mol. The first-order valence-corrected chi connectivity index (χ1v) is 6.49. The molecule has 19 heavy (non-hydrogen) atoms. The Morgan fingerprint density at radius 3 is 2.84 bits per heavy atom. The highest BCUT2D eigenvalue weighted by molar-refractivity contribution is 5.95. The predicted molar refractivity (Wildman–Crippen MR) is 76.7 cm³/mol. The second-order valence-corrected chi connectivity index (χ2v) is 4.95. The van der Waals surface area contributed by atoms with Crippen LogP contribution in [-0.2, 0) is 9.53 Å². The molecule has 1 aromatic carbocycles. The van der Waals surface area contributed by atoms with Gasteiger partial charge in [-0.2, -0.15) is 0 Å². The van der Waals surface area contributed by atoms with Gasteiger partial charge in [0.05, 0.1) is 6.61 Å². The number of morpholine rings is 1. The van der Waals surface area contributed by atoms with Crippen LogP contribution in [0.5, 0.6) is 0 Å². The van der Waals surface area contributed by atoms with Crippen LogP contribution in [0.4, 0.5) is 11.4 Å². The molecule has 1 aliphatic heterocycles. The van der Waals surface area contributed by atoms with Gasteiger partial charge in [-0.25, -0.2) is 0 Å². The summed E-state index contributed by atoms with van der Waals surface area (Å²) in [6, 6.07) is 5.97. The fourth-order valence-electron chi connectivity index (χ4n) is 2.01. The SMILES string of the molecule is Cc1cc(N(C)C)ccc1NC(=O)C1CNCCO1. The molecule has 1 aliphatic rings. The number of ether oxygens (including phenoxy) is 1. The van der Waals surface area contributed by atoms with Crippen molar-refractivity contribution >= 4 is 17.3 Å². The van der Waals surface area contributed by atoms with Crippen molar-refractivity contribution < 1.29 is 9.53 Å². The lowest BCUT2D eigenvalue weighted by Crippen LogP contribution is -2.45. The molecule has 5 heteroatoms. The Hall–Kier alpha value is -1.59. The number of aryl methyl sites for hydroxylation is 1. The molecule has 1 atom stereocenters. The minimum atomic E-state index is -0.401. The van der Waals surface area contributed by atoms with Crippen molar-refractivity contribution in [2.75, 3.05) is 44.0 Å². The lowest BCUT2D eigenvalue weighted by atomic mass is 10.1. The molecule has 0 radical (unpaired) electrons. The van der Waals surface area contributed by atoms with Gasteiger partial charge in [-0.1, -0.05) is 0 Å². The lowest BCUT2D eigenvalue weighted by Gasteiger charge is -2.23. The number of nitrogens with one attached hydrogen (secondary N) is 2. The van der Waals surface area contributed by atoms with Crippen LogP contribution < -0.4 is 15.5 Å². The fraction of sp³-hybridized carbons (Fsp3) is 0.500. The van der Waals surface area contributed by atoms with E-state index in [1.54, 1.807) is 0 Å². The zero-order valence-corrected chi connectivity index (χ0v) is 11.7. The average molecular weight is 263 g/mol. The summed E-state index contributed by atoms with van der Waals surface area (Å²) in [5.41, 5.74) is 3.00. The first kappa shape index (κ1) is 13.8. The number of rotatable bonds is 3. The van der Waals surface area contributed by atoms with E-state index < -0.39 is 6.10 Å². The van der Waals surface area contributed by atoms with Crippen LogP contribution >= 0.6 is 0 Å². The molecule has 0 aliphatic carbocycles. The van der Waals surface area contributed by atoms with Crippen LogP contribution in [0, 0.1) is 6.92 Å². The van der Waals surface area contributed by atoms with Gasteiger partial charge in [0, 0.05) is 38.6 Å². The molecular formula is C14H21N3O2. The number of carbonyl (C=O) groups excluding carboxylic acids is 1. The maximum atomic E-state index is 12.1. The Morgan fingerprint density at radius 2 is 2.26 bits per heavy atom. The number of benzene rings is 1. The maximum Gasteiger partial charge on any atom is 0.254 e. The Bertz CT molecular complexity index is 454. The first-order chi connectivity index (χ1) is 9.08. The lowest BCUT2D eigenvalue weighted by molar-refractivity contribution is -0.128. The van der Waals surface area contributed by atoms with Crippen molar-refractivity contribution in [2.45, 2.75) is 13.0 Å². The van der Waals surface area contributed by atoms with Crippen LogP contribution in [0.3, 0.4) is 0 Å². The summed E-state index contributed by atoms with van der Waals surface area (Å²) in [4.78, 5) is 14.1. The molecule has 0 bridgehead atoms. The molecule has 104 valence electrons. The zero-order valence-electron chi connectivity index (χ0n) is 11.7. The highest BCUT2D eigenvalue weighted by Gasteiger charge is 2.22. The van der Waals surface area contributed by atoms with E-state index >= 15 is 0 Å². The highest BCUT2D eigenvalue weighted by Crippen LogP contribution is 2.21. The van der Waals surface area contributed by atoms with E-state index in [0.29, 0.717) is 13.2 Å². The number of anilines is 2. The minimum absolute atomic E-state index is 0.0899. The van der Waals surface area contributed by atoms with E-state index in [1.165, 1.54) is 0 Å². The van der Waals surface area contributed by atoms with E-state index in [9.17, 15) is 4.79 Å². The normalized spacial score (nSPS) is 19.0. The van der Waals surface area contributed by atoms with Gasteiger partial charge in [-0.15, -0.1) is 0 Å². The summed E-state index contributed by atoms with van der Waals surface area (Å²) >= 11 is 0. The fourth-order valence-corrected chi connectivity index (χ4v) is 2.01. The molecule has 1 saturated heterocycles. The molecule has 0 spiro atoms. The van der Waals surface area contributed by atoms with Crippen molar-refractivity contribution in [2.24, 2.45) is 0 Å². The van der Waals surface area contributed by atoms with Gasteiger partial charge in [0.2, 0.25) is 0 Å². The Morgan fingerprint density at radius 1 is 1.47 bits per heavy atom. The van der Waals surface area contributed by atoms with Crippen molar-refractivity contribution in [3.8, 4) is 0 Å². The van der Waals surface area contributed by atoms with Gasteiger partial charge >= 0.3 is 0 Å². The molecule has 1 aromatic rings. The van der Waals surface area contributed by atoms with Gasteiger partial charge in [-0.3, -0.25) is 4.79 Å². The summed E-state index contributed by atoms with van der Waals surface area (Å²) in [5.74, 6) is -0.0899. The van der Waals surface area contributed by atoms with Crippen molar-refractivity contribution in [1.29, 1.82) is 0 Å². The average Bonchev–Trinajstić information content (AvgIpc) is 2.41. The first-order valence-electron chi connectivity index (χ1n) is 6.49. The number of hydrogen-bond acceptors (Lipinski definition) is 4. The predicted octanol–water partition coefficient (Wildman–Crippen LogP) is 0.988. The number of amides is 1. The maximum absolute atomic E-state index is 12.1. The van der Waals surface area contributed by atoms with Crippen molar-refractivity contribution in [3.63, 3.8) is 0 Å². The highest BCUT2D eigenvalue weighted by atomic mass is 16.5. The molecule has 0 aromatic heterocycles. The second-order valence-electron chi connectivity index (χ2n) is 4.95. The monoisotopic (exact) mass is 263 g/mol. The topological polar surface area (TPSA) is 53.6 Å². The van der Waals surface area contributed by atoms with Gasteiger partial charge in [0.1, 0.15) is 6.10 Å². The van der Waals surface area contributed by atoms with Crippen LogP contribution in [0.1, 0.15) is 5.56 Å². The van der Waals surface area contributed by atoms with E-state index in [4.69, 9.17) is 4.74 Å². The van der Waals surface area contributed by atoms with Crippen LogP contribution in [0.15, 0.2) is 18.2 Å². The standard InChI is InChI=1S/C14H21N3O2/c1-10-8-11(17(2)3)4-5-12(10)16-14(18)13-9-15-6-7-19-13/h4-5,8,13,15H,6-7,9H2,1-3H3,(H,16,18). The summed E-state index contributed by atoms with van der Waals surface area (Å²) < 4.78 is 5.43. The minimum Gasteiger partial charge on any atom is -0.378 e. The third-order valence-corrected chi connectivity index (χ3v) is 3.20. The largest absolute Gasteiger partial charge is 0.378 e. The van der Waals surface area contributed by atoms with Crippen molar-refractivity contribution in [1.82, 2.24) is 5.32 Å². The number of hydrogen-bond donors (Lipinski definition) is 2. The third kappa shape index (κ3) is 3.45. The third-order valence-electron chi connectivity index (χ3n) is 3.20. The van der Waals surface area contributed by atoms with Crippen molar-refractivity contribution in [3.05, 3.63) is 23.8 Å². The molecule has 2 rings (SSSR count). The summed E-state index contributed by atoms with van der Waals surface area (Å²) in [6.07, 6.45) is -0.401. The van der Waals surface area contributed by atoms with Gasteiger partial charge in [0.15, 0.2) is 0 Å². The zero-order chi connectivity index (χ0) is 13.8. The molecule has 0 saturated carbocycles. The second kappa shape index (κ2) is 6.04. The van der Waals surface area contributed by atoms with E-state index in [-0.39, 0.29) is 5.91 Å². The number of nitrogens with zero attached hydrogens (tertiary/aromatic N) is 1. The Balaban J connectivity index is 2.04. The molecule has 1 heterocycles. The summed E-state index contributed by atoms with van der Waals surface area (Å²) in [5, 5.41) is 6.07. The molecule has 1 amide bonds. The van der Waals surface area contributed by atoms with E-state index in [2.05, 4.69) is 16.7 Å². The van der Waals surface area contributed by atoms with Crippen LogP contribution in [0.25, 0.3) is 0 Å². The molecule has 5 nitrogen and oxygen atoms in total. The Labute approximate surface area is 113 Å². The van der Waals surface area contributed by atoms with Crippen LogP contribution in [-0.4, -0.2) is 45.8 Å². The van der Waals surface area contributed by atoms with Gasteiger partial charge in [0.25, 0.3) is 5.91 Å². The smallest absolute Gasteiger partial charge is 0.254 e. The van der Waals surface area contributed by atoms with Crippen LogP contribution in [0.2, 0.25) is 0 Å². The van der Waals surface area contributed by atoms with E-state index in [0.717, 1.165) is 23.5 Å².